The summed E-state index contributed by atoms with van der Waals surface area (Å²) in [7, 11) is 1.85. The lowest BCUT2D eigenvalue weighted by atomic mass is 9.97. The second kappa shape index (κ2) is 7.59. The number of rotatable bonds is 5. The number of nitrogens with zero attached hydrogens (tertiary/aromatic N) is 3. The van der Waals surface area contributed by atoms with Crippen LogP contribution >= 0.6 is 23.1 Å². The van der Waals surface area contributed by atoms with Gasteiger partial charge in [0.05, 0.1) is 10.6 Å². The van der Waals surface area contributed by atoms with E-state index >= 15 is 0 Å². The summed E-state index contributed by atoms with van der Waals surface area (Å²) in [5.74, 6) is 0.663. The zero-order valence-electron chi connectivity index (χ0n) is 16.3. The van der Waals surface area contributed by atoms with Crippen molar-refractivity contribution in [2.75, 3.05) is 13.6 Å². The van der Waals surface area contributed by atoms with E-state index in [1.807, 2.05) is 11.6 Å². The number of aromatic nitrogens is 2. The molecule has 4 rings (SSSR count). The van der Waals surface area contributed by atoms with Crippen molar-refractivity contribution in [1.29, 1.82) is 0 Å². The zero-order chi connectivity index (χ0) is 19.1. The Labute approximate surface area is 168 Å². The van der Waals surface area contributed by atoms with Gasteiger partial charge < -0.3 is 4.90 Å². The molecule has 5 nitrogen and oxygen atoms in total. The maximum atomic E-state index is 13.4. The quantitative estimate of drug-likeness (QED) is 0.712. The summed E-state index contributed by atoms with van der Waals surface area (Å²) in [6, 6.07) is 0. The summed E-state index contributed by atoms with van der Waals surface area (Å²) in [4.78, 5) is 34.7. The molecule has 0 N–H and O–H groups in total. The van der Waals surface area contributed by atoms with Crippen LogP contribution in [0.2, 0.25) is 0 Å². The molecule has 27 heavy (non-hydrogen) atoms. The van der Waals surface area contributed by atoms with Crippen LogP contribution in [0.5, 0.6) is 0 Å². The molecule has 0 radical (unpaired) electrons. The molecule has 0 saturated carbocycles. The third kappa shape index (κ3) is 3.56. The highest BCUT2D eigenvalue weighted by Crippen LogP contribution is 2.36. The molecule has 1 aliphatic heterocycles. The van der Waals surface area contributed by atoms with Crippen molar-refractivity contribution in [3.05, 3.63) is 20.8 Å². The van der Waals surface area contributed by atoms with Gasteiger partial charge in [-0.05, 0) is 50.0 Å². The van der Waals surface area contributed by atoms with Crippen LogP contribution in [0.25, 0.3) is 10.2 Å². The van der Waals surface area contributed by atoms with Crippen molar-refractivity contribution in [1.82, 2.24) is 14.5 Å². The number of likely N-dealkylation sites (tertiary alicyclic amines) is 1. The van der Waals surface area contributed by atoms with Gasteiger partial charge in [-0.1, -0.05) is 25.6 Å². The molecule has 1 fully saturated rings. The first-order chi connectivity index (χ1) is 13.0. The van der Waals surface area contributed by atoms with Crippen LogP contribution in [0.4, 0.5) is 0 Å². The van der Waals surface area contributed by atoms with Crippen LogP contribution in [0.15, 0.2) is 9.95 Å². The molecular formula is C20H27N3O2S2. The lowest BCUT2D eigenvalue weighted by Crippen LogP contribution is -2.27. The molecule has 0 bridgehead atoms. The average molecular weight is 406 g/mol. The van der Waals surface area contributed by atoms with E-state index in [2.05, 4.69) is 13.8 Å². The number of carbonyl (C=O) groups excluding carboxylic acids is 1. The summed E-state index contributed by atoms with van der Waals surface area (Å²) >= 11 is 3.17. The highest BCUT2D eigenvalue weighted by Gasteiger charge is 2.32. The second-order valence-corrected chi connectivity index (χ2v) is 10.3. The number of thiophene rings is 1. The minimum absolute atomic E-state index is 0.0985. The van der Waals surface area contributed by atoms with Crippen LogP contribution in [-0.2, 0) is 24.2 Å². The van der Waals surface area contributed by atoms with E-state index < -0.39 is 0 Å². The fourth-order valence-electron chi connectivity index (χ4n) is 3.92. The Morgan fingerprint density at radius 1 is 1.26 bits per heavy atom. The SMILES string of the molecule is CC(C)CCn1c(SC2CCN(C)C2=O)nc2sc3c(c2c1=O)CCCC3. The molecule has 1 saturated heterocycles. The predicted molar refractivity (Wildman–Crippen MR) is 112 cm³/mol. The van der Waals surface area contributed by atoms with E-state index in [0.29, 0.717) is 12.5 Å². The lowest BCUT2D eigenvalue weighted by Gasteiger charge is -2.16. The van der Waals surface area contributed by atoms with Crippen molar-refractivity contribution in [3.63, 3.8) is 0 Å². The van der Waals surface area contributed by atoms with Gasteiger partial charge in [0.2, 0.25) is 5.91 Å². The Hall–Kier alpha value is -1.34. The number of amides is 1. The second-order valence-electron chi connectivity index (χ2n) is 8.08. The summed E-state index contributed by atoms with van der Waals surface area (Å²) < 4.78 is 1.85. The molecule has 0 aromatic carbocycles. The minimum atomic E-state index is -0.126. The highest BCUT2D eigenvalue weighted by atomic mass is 32.2. The molecule has 7 heteroatoms. The predicted octanol–water partition coefficient (Wildman–Crippen LogP) is 3.71. The van der Waals surface area contributed by atoms with Gasteiger partial charge in [-0.25, -0.2) is 4.98 Å². The molecule has 2 aliphatic rings. The standard InChI is InChI=1S/C20H27N3O2S2/c1-12(2)8-11-23-19(25)16-13-6-4-5-7-14(13)26-17(16)21-20(23)27-15-9-10-22(3)18(15)24/h12,15H,4-11H2,1-3H3. The van der Waals surface area contributed by atoms with Gasteiger partial charge in [0.15, 0.2) is 5.16 Å². The Morgan fingerprint density at radius 3 is 2.74 bits per heavy atom. The first-order valence-electron chi connectivity index (χ1n) is 9.92. The van der Waals surface area contributed by atoms with Crippen LogP contribution in [0.3, 0.4) is 0 Å². The van der Waals surface area contributed by atoms with Crippen molar-refractivity contribution in [3.8, 4) is 0 Å². The van der Waals surface area contributed by atoms with Crippen LogP contribution in [0, 0.1) is 5.92 Å². The third-order valence-corrected chi connectivity index (χ3v) is 8.03. The number of hydrogen-bond donors (Lipinski definition) is 0. The number of hydrogen-bond acceptors (Lipinski definition) is 5. The van der Waals surface area contributed by atoms with Gasteiger partial charge in [-0.2, -0.15) is 0 Å². The molecule has 2 aromatic heterocycles. The number of aryl methyl sites for hydroxylation is 2. The molecule has 1 aliphatic carbocycles. The Morgan fingerprint density at radius 2 is 2.04 bits per heavy atom. The topological polar surface area (TPSA) is 55.2 Å². The lowest BCUT2D eigenvalue weighted by molar-refractivity contribution is -0.126. The van der Waals surface area contributed by atoms with E-state index in [1.54, 1.807) is 16.2 Å². The number of thioether (sulfide) groups is 1. The maximum Gasteiger partial charge on any atom is 0.263 e. The molecule has 2 aromatic rings. The number of fused-ring (bicyclic) bond motifs is 3. The van der Waals surface area contributed by atoms with Crippen molar-refractivity contribution >= 4 is 39.2 Å². The van der Waals surface area contributed by atoms with E-state index in [-0.39, 0.29) is 16.7 Å². The minimum Gasteiger partial charge on any atom is -0.345 e. The number of carbonyl (C=O) groups is 1. The van der Waals surface area contributed by atoms with Crippen LogP contribution in [0.1, 0.15) is 50.0 Å². The smallest absolute Gasteiger partial charge is 0.263 e. The summed E-state index contributed by atoms with van der Waals surface area (Å²) in [6.07, 6.45) is 6.17. The first-order valence-corrected chi connectivity index (χ1v) is 11.6. The zero-order valence-corrected chi connectivity index (χ0v) is 17.9. The highest BCUT2D eigenvalue weighted by molar-refractivity contribution is 8.00. The van der Waals surface area contributed by atoms with Gasteiger partial charge >= 0.3 is 0 Å². The van der Waals surface area contributed by atoms with Crippen molar-refractivity contribution in [2.45, 2.75) is 69.3 Å². The fraction of sp³-hybridized carbons (Fsp3) is 0.650. The largest absolute Gasteiger partial charge is 0.345 e. The monoisotopic (exact) mass is 405 g/mol. The Kier molecular flexibility index (Phi) is 5.34. The molecule has 3 heterocycles. The van der Waals surface area contributed by atoms with E-state index in [4.69, 9.17) is 4.98 Å². The van der Waals surface area contributed by atoms with Crippen LogP contribution in [-0.4, -0.2) is 39.2 Å². The van der Waals surface area contributed by atoms with Gasteiger partial charge in [0.25, 0.3) is 5.56 Å². The van der Waals surface area contributed by atoms with E-state index in [1.165, 1.54) is 28.6 Å². The van der Waals surface area contributed by atoms with Gasteiger partial charge in [0, 0.05) is 25.0 Å². The van der Waals surface area contributed by atoms with Crippen LogP contribution < -0.4 is 5.56 Å². The average Bonchev–Trinajstić information content (AvgIpc) is 3.16. The molecule has 146 valence electrons. The molecular weight excluding hydrogens is 378 g/mol. The van der Waals surface area contributed by atoms with Crippen molar-refractivity contribution in [2.24, 2.45) is 5.92 Å². The Bertz CT molecular complexity index is 931. The molecule has 1 atom stereocenters. The molecule has 1 amide bonds. The fourth-order valence-corrected chi connectivity index (χ4v) is 6.43. The van der Waals surface area contributed by atoms with E-state index in [9.17, 15) is 9.59 Å². The maximum absolute atomic E-state index is 13.4. The molecule has 0 spiro atoms. The first kappa shape index (κ1) is 19.0. The summed E-state index contributed by atoms with van der Waals surface area (Å²) in [5.41, 5.74) is 1.34. The van der Waals surface area contributed by atoms with Crippen molar-refractivity contribution < 1.29 is 4.79 Å². The third-order valence-electron chi connectivity index (χ3n) is 5.60. The normalized spacial score (nSPS) is 20.1. The summed E-state index contributed by atoms with van der Waals surface area (Å²) in [5, 5.41) is 1.44. The van der Waals surface area contributed by atoms with Gasteiger partial charge in [0.1, 0.15) is 4.83 Å². The summed E-state index contributed by atoms with van der Waals surface area (Å²) in [6.45, 7) is 5.79. The molecule has 1 unspecified atom stereocenters. The Balaban J connectivity index is 1.79. The van der Waals surface area contributed by atoms with Gasteiger partial charge in [-0.3, -0.25) is 14.2 Å². The van der Waals surface area contributed by atoms with Gasteiger partial charge in [-0.15, -0.1) is 11.3 Å². The van der Waals surface area contributed by atoms with E-state index in [0.717, 1.165) is 54.0 Å².